The Morgan fingerprint density at radius 2 is 1.88 bits per heavy atom. The minimum atomic E-state index is -6.09. The zero-order valence-electron chi connectivity index (χ0n) is 17.9. The van der Waals surface area contributed by atoms with Crippen molar-refractivity contribution in [2.45, 2.75) is 32.2 Å². The Morgan fingerprint density at radius 1 is 1.18 bits per heavy atom. The number of para-hydroxylation sites is 1. The van der Waals surface area contributed by atoms with Gasteiger partial charge in [-0.2, -0.15) is 21.6 Å². The Kier molecular flexibility index (Phi) is 5.55. The molecule has 1 aromatic carbocycles. The van der Waals surface area contributed by atoms with Crippen LogP contribution in [0.25, 0.3) is 11.0 Å². The van der Waals surface area contributed by atoms with Gasteiger partial charge in [0.05, 0.1) is 16.9 Å². The van der Waals surface area contributed by atoms with Crippen LogP contribution < -0.4 is 9.61 Å². The molecule has 13 heteroatoms. The number of halogens is 3. The first-order valence-corrected chi connectivity index (χ1v) is 11.2. The first-order valence-electron chi connectivity index (χ1n) is 9.76. The van der Waals surface area contributed by atoms with E-state index < -0.39 is 39.1 Å². The molecule has 0 bridgehead atoms. The van der Waals surface area contributed by atoms with Crippen molar-refractivity contribution in [3.8, 4) is 5.88 Å². The van der Waals surface area contributed by atoms with Crippen molar-refractivity contribution in [2.75, 3.05) is 0 Å². The number of aliphatic imine (C=N–C) groups is 1. The highest BCUT2D eigenvalue weighted by Gasteiger charge is 2.50. The van der Waals surface area contributed by atoms with Crippen LogP contribution in [-0.4, -0.2) is 35.4 Å². The second kappa shape index (κ2) is 8.01. The highest BCUT2D eigenvalue weighted by molar-refractivity contribution is 7.87. The van der Waals surface area contributed by atoms with Gasteiger partial charge in [-0.05, 0) is 26.8 Å². The summed E-state index contributed by atoms with van der Waals surface area (Å²) in [6.45, 7) is 4.32. The summed E-state index contributed by atoms with van der Waals surface area (Å²) in [6.07, 6.45) is 0.801. The molecule has 0 fully saturated rings. The lowest BCUT2D eigenvalue weighted by molar-refractivity contribution is -0.119. The van der Waals surface area contributed by atoms with Crippen molar-refractivity contribution >= 4 is 38.4 Å². The third-order valence-electron chi connectivity index (χ3n) is 5.36. The van der Waals surface area contributed by atoms with E-state index in [1.54, 1.807) is 0 Å². The molecule has 0 N–H and O–H groups in total. The van der Waals surface area contributed by atoms with Gasteiger partial charge >= 0.3 is 15.6 Å². The second-order valence-electron chi connectivity index (χ2n) is 7.66. The minimum absolute atomic E-state index is 0.0814. The van der Waals surface area contributed by atoms with Crippen LogP contribution in [0.2, 0.25) is 0 Å². The normalized spacial score (nSPS) is 18.4. The van der Waals surface area contributed by atoms with Crippen molar-refractivity contribution in [1.29, 1.82) is 0 Å². The Hall–Kier alpha value is -3.61. The monoisotopic (exact) mass is 495 g/mol. The van der Waals surface area contributed by atoms with Gasteiger partial charge < -0.3 is 8.60 Å². The molecule has 2 aromatic heterocycles. The van der Waals surface area contributed by atoms with Crippen LogP contribution in [0.1, 0.15) is 36.7 Å². The van der Waals surface area contributed by atoms with Crippen LogP contribution in [0.15, 0.2) is 44.8 Å². The fourth-order valence-electron chi connectivity index (χ4n) is 4.02. The number of alkyl halides is 3. The van der Waals surface area contributed by atoms with Crippen LogP contribution in [0, 0.1) is 12.8 Å². The number of carbonyl (C=O) groups is 1. The molecular formula is C21H16F3N3O6S. The smallest absolute Gasteiger partial charge is 0.461 e. The third-order valence-corrected chi connectivity index (χ3v) is 6.30. The lowest BCUT2D eigenvalue weighted by atomic mass is 9.75. The van der Waals surface area contributed by atoms with Crippen molar-refractivity contribution in [2.24, 2.45) is 10.9 Å². The van der Waals surface area contributed by atoms with Crippen LogP contribution in [0.3, 0.4) is 0 Å². The maximum Gasteiger partial charge on any atom is 0.534 e. The molecule has 2 atom stereocenters. The average Bonchev–Trinajstić information content (AvgIpc) is 2.71. The largest absolute Gasteiger partial charge is 0.534 e. The lowest BCUT2D eigenvalue weighted by Crippen LogP contribution is -2.33. The quantitative estimate of drug-likeness (QED) is 0.397. The van der Waals surface area contributed by atoms with E-state index >= 15 is 0 Å². The van der Waals surface area contributed by atoms with E-state index in [1.165, 1.54) is 45.0 Å². The summed E-state index contributed by atoms with van der Waals surface area (Å²) in [6, 6.07) is 5.79. The summed E-state index contributed by atoms with van der Waals surface area (Å²) in [5.74, 6) is -3.47. The van der Waals surface area contributed by atoms with Gasteiger partial charge in [0.1, 0.15) is 23.5 Å². The number of aryl methyl sites for hydroxylation is 1. The molecule has 0 amide bonds. The molecule has 9 nitrogen and oxygen atoms in total. The molecule has 1 aliphatic rings. The standard InChI is InChI=1S/C21H16F3N3O6S/c1-9-7-14(29)12-5-4-6-13(18(12)32-9)16-15(11(3)28)10(2)27-19-17(16)20(26-8-25-19)33-34(30,31)21(22,23)24/h4-8,15-16H,1-3H3. The van der Waals surface area contributed by atoms with Gasteiger partial charge in [-0.25, -0.2) is 15.0 Å². The van der Waals surface area contributed by atoms with E-state index in [2.05, 4.69) is 19.1 Å². The highest BCUT2D eigenvalue weighted by Crippen LogP contribution is 2.47. The number of carbonyl (C=O) groups excluding carboxylic acids is 1. The highest BCUT2D eigenvalue weighted by atomic mass is 32.2. The van der Waals surface area contributed by atoms with Crippen LogP contribution in [0.4, 0.5) is 19.0 Å². The number of benzene rings is 1. The molecule has 0 saturated carbocycles. The molecule has 0 aliphatic carbocycles. The van der Waals surface area contributed by atoms with Crippen molar-refractivity contribution in [1.82, 2.24) is 9.97 Å². The zero-order valence-corrected chi connectivity index (χ0v) is 18.7. The van der Waals surface area contributed by atoms with Crippen LogP contribution >= 0.6 is 0 Å². The number of Topliss-reactive ketones (excluding diaryl/α,β-unsaturated/α-hetero) is 1. The first-order chi connectivity index (χ1) is 15.8. The van der Waals surface area contributed by atoms with E-state index in [0.29, 0.717) is 0 Å². The Balaban J connectivity index is 2.07. The Morgan fingerprint density at radius 3 is 2.53 bits per heavy atom. The summed E-state index contributed by atoms with van der Waals surface area (Å²) in [5.41, 5.74) is -5.76. The Bertz CT molecular complexity index is 1530. The lowest BCUT2D eigenvalue weighted by Gasteiger charge is -2.31. The topological polar surface area (TPSA) is 129 Å². The zero-order chi connectivity index (χ0) is 25.0. The van der Waals surface area contributed by atoms with Gasteiger partial charge in [0, 0.05) is 23.3 Å². The number of rotatable bonds is 4. The van der Waals surface area contributed by atoms with Gasteiger partial charge in [0.15, 0.2) is 11.2 Å². The molecule has 0 radical (unpaired) electrons. The third kappa shape index (κ3) is 3.85. The average molecular weight is 495 g/mol. The van der Waals surface area contributed by atoms with Gasteiger partial charge in [-0.3, -0.25) is 9.59 Å². The van der Waals surface area contributed by atoms with Crippen LogP contribution in [0.5, 0.6) is 5.88 Å². The first kappa shape index (κ1) is 23.5. The molecule has 34 heavy (non-hydrogen) atoms. The minimum Gasteiger partial charge on any atom is -0.461 e. The second-order valence-corrected chi connectivity index (χ2v) is 9.20. The number of hydrogen-bond acceptors (Lipinski definition) is 9. The fraction of sp³-hybridized carbons (Fsp3) is 0.286. The summed E-state index contributed by atoms with van der Waals surface area (Å²) < 4.78 is 72.8. The maximum absolute atomic E-state index is 13.0. The number of fused-ring (bicyclic) bond motifs is 2. The number of hydrogen-bond donors (Lipinski definition) is 0. The molecule has 0 saturated heterocycles. The van der Waals surface area contributed by atoms with E-state index in [4.69, 9.17) is 4.42 Å². The van der Waals surface area contributed by atoms with Crippen molar-refractivity contribution in [3.63, 3.8) is 0 Å². The fourth-order valence-corrected chi connectivity index (χ4v) is 4.45. The predicted octanol–water partition coefficient (Wildman–Crippen LogP) is 3.56. The summed E-state index contributed by atoms with van der Waals surface area (Å²) in [4.78, 5) is 36.9. The van der Waals surface area contributed by atoms with Gasteiger partial charge in [0.2, 0.25) is 5.88 Å². The van der Waals surface area contributed by atoms with Crippen molar-refractivity contribution in [3.05, 3.63) is 57.7 Å². The number of aromatic nitrogens is 2. The predicted molar refractivity (Wildman–Crippen MR) is 114 cm³/mol. The number of nitrogens with zero attached hydrogens (tertiary/aromatic N) is 3. The van der Waals surface area contributed by atoms with E-state index in [-0.39, 0.29) is 44.8 Å². The van der Waals surface area contributed by atoms with Crippen molar-refractivity contribution < 1.29 is 35.0 Å². The molecule has 2 unspecified atom stereocenters. The van der Waals surface area contributed by atoms with E-state index in [1.807, 2.05) is 0 Å². The molecule has 3 heterocycles. The van der Waals surface area contributed by atoms with Gasteiger partial charge in [-0.1, -0.05) is 12.1 Å². The molecule has 4 rings (SSSR count). The van der Waals surface area contributed by atoms with E-state index in [0.717, 1.165) is 6.33 Å². The molecule has 0 spiro atoms. The molecule has 1 aliphatic heterocycles. The summed E-state index contributed by atoms with van der Waals surface area (Å²) in [7, 11) is -6.09. The molecule has 3 aromatic rings. The van der Waals surface area contributed by atoms with Gasteiger partial charge in [0.25, 0.3) is 0 Å². The molecule has 178 valence electrons. The molecular weight excluding hydrogens is 479 g/mol. The number of ketones is 1. The summed E-state index contributed by atoms with van der Waals surface area (Å²) >= 11 is 0. The summed E-state index contributed by atoms with van der Waals surface area (Å²) in [5, 5.41) is 0.161. The SMILES string of the molecule is CC(=O)C1C(C)=Nc2ncnc(OS(=O)(=O)C(F)(F)F)c2C1c1cccc2c(=O)cc(C)oc12. The van der Waals surface area contributed by atoms with E-state index in [9.17, 15) is 31.2 Å². The van der Waals surface area contributed by atoms with Gasteiger partial charge in [-0.15, -0.1) is 0 Å². The Labute approximate surface area is 190 Å². The van der Waals surface area contributed by atoms with Crippen LogP contribution in [-0.2, 0) is 14.9 Å². The maximum atomic E-state index is 13.0.